The third kappa shape index (κ3) is 3.87. The van der Waals surface area contributed by atoms with Gasteiger partial charge in [-0.1, -0.05) is 6.07 Å². The van der Waals surface area contributed by atoms with Crippen molar-refractivity contribution in [2.75, 3.05) is 4.72 Å². The SMILES string of the molecule is O=S(=O)(Nc1ccc(OC(F)(F)F)cc1)c1cccs1. The summed E-state index contributed by atoms with van der Waals surface area (Å²) in [6.45, 7) is 0. The molecule has 1 aromatic heterocycles. The number of rotatable bonds is 4. The predicted molar refractivity (Wildman–Crippen MR) is 68.3 cm³/mol. The van der Waals surface area contributed by atoms with Gasteiger partial charge in [-0.25, -0.2) is 8.42 Å². The fourth-order valence-corrected chi connectivity index (χ4v) is 3.40. The lowest BCUT2D eigenvalue weighted by Crippen LogP contribution is -2.17. The van der Waals surface area contributed by atoms with Gasteiger partial charge >= 0.3 is 6.36 Å². The quantitative estimate of drug-likeness (QED) is 0.937. The molecule has 0 unspecified atom stereocenters. The van der Waals surface area contributed by atoms with Crippen molar-refractivity contribution in [3.8, 4) is 5.75 Å². The number of sulfonamides is 1. The number of halogens is 3. The van der Waals surface area contributed by atoms with Crippen LogP contribution in [0.4, 0.5) is 18.9 Å². The Labute approximate surface area is 116 Å². The summed E-state index contributed by atoms with van der Waals surface area (Å²) in [4.78, 5) is 0. The van der Waals surface area contributed by atoms with E-state index in [4.69, 9.17) is 0 Å². The standard InChI is InChI=1S/C11H8F3NO3S2/c12-11(13,14)18-9-5-3-8(4-6-9)15-20(16,17)10-2-1-7-19-10/h1-7,15H. The van der Waals surface area contributed by atoms with Crippen LogP contribution in [0.15, 0.2) is 46.0 Å². The maximum atomic E-state index is 12.0. The average Bonchev–Trinajstić information content (AvgIpc) is 2.84. The van der Waals surface area contributed by atoms with E-state index in [1.807, 2.05) is 0 Å². The molecular formula is C11H8F3NO3S2. The first kappa shape index (κ1) is 14.7. The van der Waals surface area contributed by atoms with Gasteiger partial charge in [0.1, 0.15) is 9.96 Å². The van der Waals surface area contributed by atoms with Gasteiger partial charge < -0.3 is 4.74 Å². The molecule has 0 aliphatic rings. The van der Waals surface area contributed by atoms with Crippen LogP contribution in [0, 0.1) is 0 Å². The van der Waals surface area contributed by atoms with Crippen LogP contribution in [0.25, 0.3) is 0 Å². The van der Waals surface area contributed by atoms with Gasteiger partial charge in [-0.2, -0.15) is 0 Å². The number of anilines is 1. The Kier molecular flexibility index (Phi) is 3.91. The third-order valence-corrected chi connectivity index (χ3v) is 4.88. The Morgan fingerprint density at radius 2 is 1.75 bits per heavy atom. The summed E-state index contributed by atoms with van der Waals surface area (Å²) in [5.74, 6) is -0.420. The van der Waals surface area contributed by atoms with E-state index < -0.39 is 22.1 Å². The number of nitrogens with one attached hydrogen (secondary N) is 1. The van der Waals surface area contributed by atoms with Gasteiger partial charge in [-0.05, 0) is 35.7 Å². The van der Waals surface area contributed by atoms with E-state index in [0.717, 1.165) is 23.5 Å². The summed E-state index contributed by atoms with van der Waals surface area (Å²) >= 11 is 1.04. The molecule has 20 heavy (non-hydrogen) atoms. The molecule has 0 bridgehead atoms. The molecule has 0 saturated heterocycles. The lowest BCUT2D eigenvalue weighted by molar-refractivity contribution is -0.274. The van der Waals surface area contributed by atoms with Gasteiger partial charge in [0.15, 0.2) is 0 Å². The predicted octanol–water partition coefficient (Wildman–Crippen LogP) is 3.45. The minimum Gasteiger partial charge on any atom is -0.406 e. The van der Waals surface area contributed by atoms with Crippen molar-refractivity contribution >= 4 is 27.0 Å². The fraction of sp³-hybridized carbons (Fsp3) is 0.0909. The zero-order valence-corrected chi connectivity index (χ0v) is 11.3. The maximum Gasteiger partial charge on any atom is 0.573 e. The van der Waals surface area contributed by atoms with Crippen molar-refractivity contribution < 1.29 is 26.3 Å². The highest BCUT2D eigenvalue weighted by molar-refractivity contribution is 7.94. The smallest absolute Gasteiger partial charge is 0.406 e. The van der Waals surface area contributed by atoms with E-state index in [-0.39, 0.29) is 9.90 Å². The topological polar surface area (TPSA) is 55.4 Å². The second-order valence-corrected chi connectivity index (χ2v) is 6.47. The van der Waals surface area contributed by atoms with Crippen LogP contribution in [0.3, 0.4) is 0 Å². The summed E-state index contributed by atoms with van der Waals surface area (Å²) in [5.41, 5.74) is 0.146. The molecule has 0 spiro atoms. The van der Waals surface area contributed by atoms with Gasteiger partial charge in [-0.3, -0.25) is 4.72 Å². The van der Waals surface area contributed by atoms with Crippen LogP contribution in [-0.2, 0) is 10.0 Å². The molecule has 108 valence electrons. The Morgan fingerprint density at radius 3 is 2.25 bits per heavy atom. The molecule has 0 radical (unpaired) electrons. The van der Waals surface area contributed by atoms with E-state index in [9.17, 15) is 21.6 Å². The van der Waals surface area contributed by atoms with E-state index in [0.29, 0.717) is 0 Å². The molecule has 9 heteroatoms. The van der Waals surface area contributed by atoms with Gasteiger partial charge in [0, 0.05) is 5.69 Å². The zero-order chi connectivity index (χ0) is 14.8. The number of ether oxygens (including phenoxy) is 1. The molecule has 1 heterocycles. The van der Waals surface area contributed by atoms with Crippen LogP contribution in [0.2, 0.25) is 0 Å². The zero-order valence-electron chi connectivity index (χ0n) is 9.72. The molecule has 0 aliphatic carbocycles. The number of hydrogen-bond acceptors (Lipinski definition) is 4. The van der Waals surface area contributed by atoms with Crippen LogP contribution >= 0.6 is 11.3 Å². The van der Waals surface area contributed by atoms with Crippen molar-refractivity contribution in [1.82, 2.24) is 0 Å². The van der Waals surface area contributed by atoms with Crippen molar-refractivity contribution in [2.24, 2.45) is 0 Å². The first-order valence-electron chi connectivity index (χ1n) is 5.18. The van der Waals surface area contributed by atoms with Crippen molar-refractivity contribution in [3.63, 3.8) is 0 Å². The molecule has 4 nitrogen and oxygen atoms in total. The molecule has 0 amide bonds. The van der Waals surface area contributed by atoms with Gasteiger partial charge in [0.25, 0.3) is 10.0 Å². The van der Waals surface area contributed by atoms with Crippen molar-refractivity contribution in [1.29, 1.82) is 0 Å². The summed E-state index contributed by atoms with van der Waals surface area (Å²) in [6, 6.07) is 7.44. The molecule has 0 atom stereocenters. The number of hydrogen-bond donors (Lipinski definition) is 1. The van der Waals surface area contributed by atoms with E-state index in [2.05, 4.69) is 9.46 Å². The Bertz CT molecular complexity index is 664. The van der Waals surface area contributed by atoms with Crippen LogP contribution in [0.5, 0.6) is 5.75 Å². The first-order valence-corrected chi connectivity index (χ1v) is 7.55. The van der Waals surface area contributed by atoms with Crippen LogP contribution in [0.1, 0.15) is 0 Å². The second kappa shape index (κ2) is 5.33. The highest BCUT2D eigenvalue weighted by Gasteiger charge is 2.31. The molecule has 1 N–H and O–H groups in total. The molecule has 0 saturated carbocycles. The third-order valence-electron chi connectivity index (χ3n) is 2.10. The summed E-state index contributed by atoms with van der Waals surface area (Å²) in [7, 11) is -3.71. The van der Waals surface area contributed by atoms with Gasteiger partial charge in [-0.15, -0.1) is 24.5 Å². The Hall–Kier alpha value is -1.74. The molecule has 2 rings (SSSR count). The summed E-state index contributed by atoms with van der Waals surface area (Å²) in [5, 5.41) is 1.61. The number of thiophene rings is 1. The van der Waals surface area contributed by atoms with E-state index in [1.54, 1.807) is 11.4 Å². The van der Waals surface area contributed by atoms with Crippen LogP contribution < -0.4 is 9.46 Å². The average molecular weight is 323 g/mol. The van der Waals surface area contributed by atoms with Crippen molar-refractivity contribution in [2.45, 2.75) is 10.6 Å². The lowest BCUT2D eigenvalue weighted by Gasteiger charge is -2.10. The Balaban J connectivity index is 2.12. The highest BCUT2D eigenvalue weighted by Crippen LogP contribution is 2.25. The summed E-state index contributed by atoms with van der Waals surface area (Å²) in [6.07, 6.45) is -4.78. The molecule has 2 aromatic rings. The second-order valence-electron chi connectivity index (χ2n) is 3.61. The van der Waals surface area contributed by atoms with E-state index >= 15 is 0 Å². The van der Waals surface area contributed by atoms with E-state index in [1.165, 1.54) is 18.2 Å². The minimum atomic E-state index is -4.78. The molecule has 0 fully saturated rings. The number of alkyl halides is 3. The largest absolute Gasteiger partial charge is 0.573 e. The highest BCUT2D eigenvalue weighted by atomic mass is 32.2. The maximum absolute atomic E-state index is 12.0. The summed E-state index contributed by atoms with van der Waals surface area (Å²) < 4.78 is 65.7. The van der Waals surface area contributed by atoms with Gasteiger partial charge in [0.2, 0.25) is 0 Å². The van der Waals surface area contributed by atoms with Crippen LogP contribution in [-0.4, -0.2) is 14.8 Å². The van der Waals surface area contributed by atoms with Gasteiger partial charge in [0.05, 0.1) is 0 Å². The molecule has 1 aromatic carbocycles. The fourth-order valence-electron chi connectivity index (χ4n) is 1.35. The monoisotopic (exact) mass is 323 g/mol. The van der Waals surface area contributed by atoms with Crippen molar-refractivity contribution in [3.05, 3.63) is 41.8 Å². The number of benzene rings is 1. The first-order chi connectivity index (χ1) is 9.26. The Morgan fingerprint density at radius 1 is 1.10 bits per heavy atom. The normalized spacial score (nSPS) is 12.2. The molecule has 0 aliphatic heterocycles. The lowest BCUT2D eigenvalue weighted by atomic mass is 10.3. The molecular weight excluding hydrogens is 315 g/mol. The minimum absolute atomic E-state index is 0.119.